The third kappa shape index (κ3) is 4.12. The molecule has 1 amide bonds. The maximum atomic E-state index is 13.1. The molecule has 0 saturated carbocycles. The van der Waals surface area contributed by atoms with E-state index >= 15 is 0 Å². The molecule has 156 valence electrons. The maximum absolute atomic E-state index is 13.1. The second-order valence-corrected chi connectivity index (χ2v) is 8.82. The molecule has 0 radical (unpaired) electrons. The van der Waals surface area contributed by atoms with Crippen molar-refractivity contribution in [2.75, 3.05) is 18.4 Å². The van der Waals surface area contributed by atoms with Crippen molar-refractivity contribution in [3.63, 3.8) is 0 Å². The van der Waals surface area contributed by atoms with Gasteiger partial charge in [-0.15, -0.1) is 11.3 Å². The molecule has 0 spiro atoms. The Morgan fingerprint density at radius 1 is 1.19 bits per heavy atom. The summed E-state index contributed by atoms with van der Waals surface area (Å²) in [5.74, 6) is -0.0942. The van der Waals surface area contributed by atoms with Crippen molar-refractivity contribution < 1.29 is 4.79 Å². The van der Waals surface area contributed by atoms with E-state index < -0.39 is 0 Å². The fourth-order valence-corrected chi connectivity index (χ4v) is 5.16. The second-order valence-electron chi connectivity index (χ2n) is 7.38. The highest BCUT2D eigenvalue weighted by molar-refractivity contribution is 7.10. The number of halogens is 1. The van der Waals surface area contributed by atoms with Gasteiger partial charge in [0.1, 0.15) is 12.7 Å². The van der Waals surface area contributed by atoms with Crippen LogP contribution in [0.2, 0.25) is 5.02 Å². The molecule has 2 aromatic heterocycles. The molecule has 2 aromatic carbocycles. The monoisotopic (exact) mass is 449 g/mol. The zero-order valence-electron chi connectivity index (χ0n) is 16.6. The van der Waals surface area contributed by atoms with Crippen molar-refractivity contribution in [1.29, 1.82) is 0 Å². The van der Waals surface area contributed by atoms with Gasteiger partial charge >= 0.3 is 0 Å². The molecule has 8 heteroatoms. The molecular weight excluding hydrogens is 430 g/mol. The van der Waals surface area contributed by atoms with Gasteiger partial charge < -0.3 is 5.32 Å². The van der Waals surface area contributed by atoms with E-state index in [2.05, 4.69) is 43.9 Å². The number of hydrogen-bond donors (Lipinski definition) is 1. The number of aromatic nitrogens is 3. The van der Waals surface area contributed by atoms with Gasteiger partial charge in [0.25, 0.3) is 0 Å². The van der Waals surface area contributed by atoms with Gasteiger partial charge in [-0.3, -0.25) is 9.69 Å². The molecule has 0 saturated heterocycles. The van der Waals surface area contributed by atoms with E-state index in [9.17, 15) is 4.79 Å². The Balaban J connectivity index is 1.40. The molecule has 1 aliphatic rings. The Bertz CT molecular complexity index is 1190. The predicted molar refractivity (Wildman–Crippen MR) is 123 cm³/mol. The minimum atomic E-state index is -0.0942. The summed E-state index contributed by atoms with van der Waals surface area (Å²) in [6.07, 6.45) is 3.99. The van der Waals surface area contributed by atoms with E-state index in [0.717, 1.165) is 13.0 Å². The molecule has 1 atom stereocenters. The van der Waals surface area contributed by atoms with E-state index in [1.807, 2.05) is 24.3 Å². The van der Waals surface area contributed by atoms with Gasteiger partial charge in [0.2, 0.25) is 5.91 Å². The van der Waals surface area contributed by atoms with E-state index in [4.69, 9.17) is 11.6 Å². The molecule has 0 aliphatic carbocycles. The number of nitrogens with zero attached hydrogens (tertiary/aromatic N) is 4. The van der Waals surface area contributed by atoms with Crippen molar-refractivity contribution in [3.8, 4) is 5.69 Å². The highest BCUT2D eigenvalue weighted by Gasteiger charge is 2.30. The molecule has 6 nitrogen and oxygen atoms in total. The van der Waals surface area contributed by atoms with Gasteiger partial charge in [0.15, 0.2) is 0 Å². The SMILES string of the molecule is O=C(CN1CCc2sccc2C1c1ccccc1)Nc1cc(Cl)ccc1-n1cncn1. The third-order valence-corrected chi connectivity index (χ3v) is 6.66. The van der Waals surface area contributed by atoms with Crippen LogP contribution in [0.3, 0.4) is 0 Å². The highest BCUT2D eigenvalue weighted by atomic mass is 35.5. The number of fused-ring (bicyclic) bond motifs is 1. The number of rotatable bonds is 5. The van der Waals surface area contributed by atoms with E-state index in [0.29, 0.717) is 16.4 Å². The molecule has 0 bridgehead atoms. The van der Waals surface area contributed by atoms with E-state index in [1.54, 1.807) is 34.5 Å². The normalized spacial score (nSPS) is 16.1. The maximum Gasteiger partial charge on any atom is 0.238 e. The third-order valence-electron chi connectivity index (χ3n) is 5.43. The summed E-state index contributed by atoms with van der Waals surface area (Å²) < 4.78 is 1.61. The Morgan fingerprint density at radius 3 is 2.87 bits per heavy atom. The number of carbonyl (C=O) groups excluding carboxylic acids is 1. The topological polar surface area (TPSA) is 63.1 Å². The lowest BCUT2D eigenvalue weighted by Crippen LogP contribution is -2.40. The smallest absolute Gasteiger partial charge is 0.238 e. The van der Waals surface area contributed by atoms with Crippen LogP contribution in [-0.4, -0.2) is 38.7 Å². The summed E-state index contributed by atoms with van der Waals surface area (Å²) in [6.45, 7) is 1.10. The number of hydrogen-bond acceptors (Lipinski definition) is 5. The summed E-state index contributed by atoms with van der Waals surface area (Å²) in [6, 6.07) is 17.9. The van der Waals surface area contributed by atoms with Crippen LogP contribution in [0.25, 0.3) is 5.69 Å². The Kier molecular flexibility index (Phi) is 5.55. The molecule has 5 rings (SSSR count). The summed E-state index contributed by atoms with van der Waals surface area (Å²) in [5.41, 5.74) is 3.81. The van der Waals surface area contributed by atoms with Crippen molar-refractivity contribution >= 4 is 34.5 Å². The first-order valence-electron chi connectivity index (χ1n) is 9.99. The number of thiophene rings is 1. The van der Waals surface area contributed by atoms with Crippen LogP contribution in [0.5, 0.6) is 0 Å². The summed E-state index contributed by atoms with van der Waals surface area (Å²) in [7, 11) is 0. The second kappa shape index (κ2) is 8.63. The molecule has 4 aromatic rings. The minimum absolute atomic E-state index is 0.0658. The zero-order valence-corrected chi connectivity index (χ0v) is 18.2. The number of carbonyl (C=O) groups is 1. The fraction of sp³-hybridized carbons (Fsp3) is 0.174. The van der Waals surface area contributed by atoms with Crippen LogP contribution < -0.4 is 5.32 Å². The number of benzene rings is 2. The van der Waals surface area contributed by atoms with Gasteiger partial charge in [-0.05, 0) is 47.2 Å². The summed E-state index contributed by atoms with van der Waals surface area (Å²) in [4.78, 5) is 20.7. The van der Waals surface area contributed by atoms with Crippen molar-refractivity contribution in [2.45, 2.75) is 12.5 Å². The minimum Gasteiger partial charge on any atom is -0.323 e. The molecule has 0 fully saturated rings. The van der Waals surface area contributed by atoms with Crippen molar-refractivity contribution in [2.24, 2.45) is 0 Å². The van der Waals surface area contributed by atoms with Gasteiger partial charge in [-0.2, -0.15) is 5.10 Å². The predicted octanol–water partition coefficient (Wildman–Crippen LogP) is 4.57. The first-order valence-corrected chi connectivity index (χ1v) is 11.2. The van der Waals surface area contributed by atoms with Crippen LogP contribution in [0.4, 0.5) is 5.69 Å². The quantitative estimate of drug-likeness (QED) is 0.485. The van der Waals surface area contributed by atoms with Crippen LogP contribution in [0, 0.1) is 0 Å². The Hall–Kier alpha value is -3.00. The summed E-state index contributed by atoms with van der Waals surface area (Å²) in [5, 5.41) is 9.88. The largest absolute Gasteiger partial charge is 0.323 e. The molecular formula is C23H20ClN5OS. The molecule has 3 heterocycles. The lowest BCUT2D eigenvalue weighted by atomic mass is 9.93. The average Bonchev–Trinajstić information content (AvgIpc) is 3.46. The van der Waals surface area contributed by atoms with Crippen LogP contribution in [-0.2, 0) is 11.2 Å². The Labute approximate surface area is 189 Å². The standard InChI is InChI=1S/C23H20ClN5OS/c24-17-6-7-20(29-15-25-14-26-29)19(12-17)27-22(30)13-28-10-8-21-18(9-11-31-21)23(28)16-4-2-1-3-5-16/h1-7,9,11-12,14-15,23H,8,10,13H2,(H,27,30). The van der Waals surface area contributed by atoms with Gasteiger partial charge in [0.05, 0.1) is 24.0 Å². The molecule has 1 aliphatic heterocycles. The lowest BCUT2D eigenvalue weighted by Gasteiger charge is -2.35. The number of amides is 1. The number of nitrogens with one attached hydrogen (secondary N) is 1. The molecule has 31 heavy (non-hydrogen) atoms. The van der Waals surface area contributed by atoms with Crippen molar-refractivity contribution in [3.05, 3.63) is 93.7 Å². The van der Waals surface area contributed by atoms with E-state index in [-0.39, 0.29) is 18.5 Å². The number of anilines is 1. The van der Waals surface area contributed by atoms with Gasteiger partial charge in [-0.25, -0.2) is 9.67 Å². The highest BCUT2D eigenvalue weighted by Crippen LogP contribution is 2.37. The van der Waals surface area contributed by atoms with Gasteiger partial charge in [0, 0.05) is 16.4 Å². The van der Waals surface area contributed by atoms with Gasteiger partial charge in [-0.1, -0.05) is 41.9 Å². The van der Waals surface area contributed by atoms with Crippen LogP contribution >= 0.6 is 22.9 Å². The lowest BCUT2D eigenvalue weighted by molar-refractivity contribution is -0.117. The van der Waals surface area contributed by atoms with Crippen LogP contribution in [0.15, 0.2) is 72.6 Å². The first-order chi connectivity index (χ1) is 15.2. The fourth-order valence-electron chi connectivity index (χ4n) is 4.08. The first kappa shape index (κ1) is 19.9. The summed E-state index contributed by atoms with van der Waals surface area (Å²) >= 11 is 7.99. The Morgan fingerprint density at radius 2 is 2.06 bits per heavy atom. The molecule has 1 N–H and O–H groups in total. The van der Waals surface area contributed by atoms with Crippen molar-refractivity contribution in [1.82, 2.24) is 19.7 Å². The van der Waals surface area contributed by atoms with E-state index in [1.165, 1.54) is 22.3 Å². The molecule has 1 unspecified atom stereocenters. The average molecular weight is 450 g/mol. The van der Waals surface area contributed by atoms with Crippen LogP contribution in [0.1, 0.15) is 22.0 Å². The zero-order chi connectivity index (χ0) is 21.2.